The summed E-state index contributed by atoms with van der Waals surface area (Å²) < 4.78 is 7.00. The monoisotopic (exact) mass is 370 g/mol. The van der Waals surface area contributed by atoms with Gasteiger partial charge in [-0.15, -0.1) is 0 Å². The maximum atomic E-state index is 12.5. The molecule has 1 atom stereocenters. The number of hydrogen-bond acceptors (Lipinski definition) is 4. The van der Waals surface area contributed by atoms with Crippen LogP contribution in [0.4, 0.5) is 10.5 Å². The van der Waals surface area contributed by atoms with Crippen LogP contribution < -0.4 is 20.3 Å². The van der Waals surface area contributed by atoms with Crippen LogP contribution in [0, 0.1) is 0 Å². The van der Waals surface area contributed by atoms with Crippen molar-refractivity contribution < 1.29 is 19.1 Å². The van der Waals surface area contributed by atoms with Crippen molar-refractivity contribution in [1.29, 1.82) is 0 Å². The number of ether oxygens (including phenoxy) is 1. The molecular formula is C19H22N4O4. The van der Waals surface area contributed by atoms with E-state index >= 15 is 0 Å². The van der Waals surface area contributed by atoms with E-state index in [1.807, 2.05) is 29.9 Å². The van der Waals surface area contributed by atoms with Crippen LogP contribution in [0.1, 0.15) is 18.5 Å². The fourth-order valence-electron chi connectivity index (χ4n) is 2.94. The van der Waals surface area contributed by atoms with Crippen LogP contribution in [0.25, 0.3) is 0 Å². The van der Waals surface area contributed by atoms with E-state index in [0.717, 1.165) is 10.6 Å². The Bertz CT molecular complexity index is 844. The van der Waals surface area contributed by atoms with Gasteiger partial charge in [0.05, 0.1) is 19.3 Å². The first-order chi connectivity index (χ1) is 13.0. The van der Waals surface area contributed by atoms with Gasteiger partial charge in [0.1, 0.15) is 11.8 Å². The first-order valence-corrected chi connectivity index (χ1v) is 8.65. The number of nitrogens with zero attached hydrogens (tertiary/aromatic N) is 2. The van der Waals surface area contributed by atoms with Crippen LogP contribution in [0.15, 0.2) is 42.6 Å². The Balaban J connectivity index is 1.53. The predicted molar refractivity (Wildman–Crippen MR) is 99.3 cm³/mol. The summed E-state index contributed by atoms with van der Waals surface area (Å²) in [6.45, 7) is 0.422. The topological polar surface area (TPSA) is 92.7 Å². The van der Waals surface area contributed by atoms with Gasteiger partial charge < -0.3 is 19.9 Å². The second-order valence-electron chi connectivity index (χ2n) is 6.30. The molecule has 0 spiro atoms. The summed E-state index contributed by atoms with van der Waals surface area (Å²) in [6, 6.07) is 9.28. The molecule has 0 bridgehead atoms. The first-order valence-electron chi connectivity index (χ1n) is 8.65. The third kappa shape index (κ3) is 4.11. The maximum Gasteiger partial charge on any atom is 0.329 e. The zero-order valence-corrected chi connectivity index (χ0v) is 15.3. The van der Waals surface area contributed by atoms with E-state index in [9.17, 15) is 14.4 Å². The van der Waals surface area contributed by atoms with Gasteiger partial charge in [-0.3, -0.25) is 9.59 Å². The van der Waals surface area contributed by atoms with E-state index in [1.165, 1.54) is 0 Å². The van der Waals surface area contributed by atoms with Gasteiger partial charge in [0.15, 0.2) is 0 Å². The van der Waals surface area contributed by atoms with Crippen molar-refractivity contribution in [2.75, 3.05) is 12.0 Å². The second-order valence-corrected chi connectivity index (χ2v) is 6.30. The summed E-state index contributed by atoms with van der Waals surface area (Å²) in [5.41, 5.74) is 1.45. The van der Waals surface area contributed by atoms with Gasteiger partial charge in [0.25, 0.3) is 5.91 Å². The van der Waals surface area contributed by atoms with E-state index in [2.05, 4.69) is 10.6 Å². The number of anilines is 1. The van der Waals surface area contributed by atoms with Crippen molar-refractivity contribution >= 4 is 23.5 Å². The van der Waals surface area contributed by atoms with E-state index in [-0.39, 0.29) is 24.7 Å². The molecule has 1 fully saturated rings. The number of aromatic nitrogens is 1. The number of carbonyl (C=O) groups is 3. The Labute approximate surface area is 157 Å². The number of amides is 4. The minimum absolute atomic E-state index is 0.150. The summed E-state index contributed by atoms with van der Waals surface area (Å²) in [4.78, 5) is 37.9. The molecule has 1 saturated heterocycles. The van der Waals surface area contributed by atoms with E-state index < -0.39 is 12.1 Å². The van der Waals surface area contributed by atoms with Crippen LogP contribution in [0.3, 0.4) is 0 Å². The summed E-state index contributed by atoms with van der Waals surface area (Å²) in [5.74, 6) is 0.110. The summed E-state index contributed by atoms with van der Waals surface area (Å²) in [7, 11) is 3.45. The number of imide groups is 1. The number of nitrogens with one attached hydrogen (secondary N) is 2. The summed E-state index contributed by atoms with van der Waals surface area (Å²) in [5, 5.41) is 5.46. The Morgan fingerprint density at radius 3 is 2.59 bits per heavy atom. The van der Waals surface area contributed by atoms with Gasteiger partial charge >= 0.3 is 6.03 Å². The van der Waals surface area contributed by atoms with Crippen molar-refractivity contribution in [3.63, 3.8) is 0 Å². The number of carbonyl (C=O) groups excluding carboxylic acids is 3. The lowest BCUT2D eigenvalue weighted by atomic mass is 10.1. The minimum Gasteiger partial charge on any atom is -0.497 e. The third-order valence-electron chi connectivity index (χ3n) is 4.53. The van der Waals surface area contributed by atoms with Crippen LogP contribution in [0.2, 0.25) is 0 Å². The number of rotatable bonds is 7. The Morgan fingerprint density at radius 1 is 1.22 bits per heavy atom. The van der Waals surface area contributed by atoms with Gasteiger partial charge in [0.2, 0.25) is 5.91 Å². The number of benzene rings is 1. The fraction of sp³-hybridized carbons (Fsp3) is 0.316. The highest BCUT2D eigenvalue weighted by Gasteiger charge is 2.38. The third-order valence-corrected chi connectivity index (χ3v) is 4.53. The number of hydrogen-bond donors (Lipinski definition) is 2. The van der Waals surface area contributed by atoms with Crippen molar-refractivity contribution in [2.24, 2.45) is 7.05 Å². The lowest BCUT2D eigenvalue weighted by Crippen LogP contribution is -2.32. The molecule has 1 unspecified atom stereocenters. The van der Waals surface area contributed by atoms with Crippen LogP contribution in [-0.4, -0.2) is 35.6 Å². The molecule has 1 aliphatic rings. The fourth-order valence-corrected chi connectivity index (χ4v) is 2.94. The zero-order chi connectivity index (χ0) is 19.4. The molecule has 1 aromatic carbocycles. The first kappa shape index (κ1) is 18.5. The highest BCUT2D eigenvalue weighted by Crippen LogP contribution is 2.23. The van der Waals surface area contributed by atoms with Crippen LogP contribution in [0.5, 0.6) is 5.75 Å². The molecule has 8 heteroatoms. The lowest BCUT2D eigenvalue weighted by molar-refractivity contribution is -0.122. The molecular weight excluding hydrogens is 348 g/mol. The molecule has 3 rings (SSSR count). The highest BCUT2D eigenvalue weighted by atomic mass is 16.5. The zero-order valence-electron chi connectivity index (χ0n) is 15.3. The summed E-state index contributed by atoms with van der Waals surface area (Å²) >= 11 is 0. The molecule has 2 heterocycles. The Hall–Kier alpha value is -3.29. The maximum absolute atomic E-state index is 12.5. The molecule has 2 N–H and O–H groups in total. The lowest BCUT2D eigenvalue weighted by Gasteiger charge is -2.13. The predicted octanol–water partition coefficient (Wildman–Crippen LogP) is 1.56. The van der Waals surface area contributed by atoms with Gasteiger partial charge in [-0.2, -0.15) is 0 Å². The quantitative estimate of drug-likeness (QED) is 0.724. The van der Waals surface area contributed by atoms with Crippen molar-refractivity contribution in [2.45, 2.75) is 25.4 Å². The molecule has 2 aromatic rings. The van der Waals surface area contributed by atoms with Gasteiger partial charge in [-0.05, 0) is 42.8 Å². The van der Waals surface area contributed by atoms with Crippen molar-refractivity contribution in [1.82, 2.24) is 15.2 Å². The van der Waals surface area contributed by atoms with E-state index in [4.69, 9.17) is 4.74 Å². The standard InChI is InChI=1S/C19H22N4O4/c1-22-11-3-4-14(22)12-20-17(24)10-9-16-18(25)23(19(26)21-16)13-5-7-15(27-2)8-6-13/h3-8,11,16H,9-10,12H2,1-2H3,(H,20,24)(H,21,26). The second kappa shape index (κ2) is 7.94. The number of methoxy groups -OCH3 is 1. The Kier molecular flexibility index (Phi) is 5.44. The van der Waals surface area contributed by atoms with E-state index in [1.54, 1.807) is 31.4 Å². The average Bonchev–Trinajstić information content (AvgIpc) is 3.20. The highest BCUT2D eigenvalue weighted by molar-refractivity contribution is 6.21. The number of aryl methyl sites for hydroxylation is 1. The smallest absolute Gasteiger partial charge is 0.329 e. The van der Waals surface area contributed by atoms with Gasteiger partial charge in [0, 0.05) is 25.4 Å². The van der Waals surface area contributed by atoms with Crippen LogP contribution in [-0.2, 0) is 23.2 Å². The SMILES string of the molecule is COc1ccc(N2C(=O)NC(CCC(=O)NCc3cccn3C)C2=O)cc1. The molecule has 0 aliphatic carbocycles. The number of urea groups is 1. The van der Waals surface area contributed by atoms with Gasteiger partial charge in [-0.25, -0.2) is 9.69 Å². The van der Waals surface area contributed by atoms with Crippen molar-refractivity contribution in [3.8, 4) is 5.75 Å². The largest absolute Gasteiger partial charge is 0.497 e. The van der Waals surface area contributed by atoms with Gasteiger partial charge in [-0.1, -0.05) is 0 Å². The van der Waals surface area contributed by atoms with Crippen LogP contribution >= 0.6 is 0 Å². The Morgan fingerprint density at radius 2 is 1.96 bits per heavy atom. The molecule has 1 aromatic heterocycles. The minimum atomic E-state index is -0.708. The molecule has 1 aliphatic heterocycles. The molecule has 4 amide bonds. The normalized spacial score (nSPS) is 16.4. The van der Waals surface area contributed by atoms with E-state index in [0.29, 0.717) is 18.0 Å². The molecule has 8 nitrogen and oxygen atoms in total. The average molecular weight is 370 g/mol. The molecule has 142 valence electrons. The molecule has 27 heavy (non-hydrogen) atoms. The van der Waals surface area contributed by atoms with Crippen molar-refractivity contribution in [3.05, 3.63) is 48.3 Å². The molecule has 0 radical (unpaired) electrons. The summed E-state index contributed by atoms with van der Waals surface area (Å²) in [6.07, 6.45) is 2.30. The molecule has 0 saturated carbocycles.